The molecule has 41 heavy (non-hydrogen) atoms. The number of methoxy groups -OCH3 is 1. The average molecular weight is 578 g/mol. The lowest BCUT2D eigenvalue weighted by Gasteiger charge is -2.34. The molecule has 10 heteroatoms. The second-order valence-corrected chi connectivity index (χ2v) is 12.1. The summed E-state index contributed by atoms with van der Waals surface area (Å²) in [6, 6.07) is 21.3. The van der Waals surface area contributed by atoms with E-state index in [0.29, 0.717) is 37.5 Å². The Balaban J connectivity index is 1.39. The van der Waals surface area contributed by atoms with Gasteiger partial charge in [0.25, 0.3) is 11.8 Å². The third-order valence-corrected chi connectivity index (χ3v) is 9.38. The maximum absolute atomic E-state index is 13.9. The molecule has 1 atom stereocenters. The van der Waals surface area contributed by atoms with Crippen LogP contribution in [-0.4, -0.2) is 63.9 Å². The quantitative estimate of drug-likeness (QED) is 0.434. The van der Waals surface area contributed by atoms with Crippen LogP contribution in [0.2, 0.25) is 0 Å². The van der Waals surface area contributed by atoms with Crippen molar-refractivity contribution in [3.05, 3.63) is 83.9 Å². The zero-order valence-corrected chi connectivity index (χ0v) is 23.9. The fourth-order valence-electron chi connectivity index (χ4n) is 5.24. The maximum atomic E-state index is 13.9. The van der Waals surface area contributed by atoms with Crippen LogP contribution in [0.15, 0.2) is 77.7 Å². The van der Waals surface area contributed by atoms with Gasteiger partial charge in [0.15, 0.2) is 6.10 Å². The van der Waals surface area contributed by atoms with Gasteiger partial charge in [0.2, 0.25) is 10.0 Å². The van der Waals surface area contributed by atoms with E-state index in [9.17, 15) is 18.0 Å². The Morgan fingerprint density at radius 1 is 0.951 bits per heavy atom. The van der Waals surface area contributed by atoms with E-state index in [1.165, 1.54) is 28.4 Å². The number of hydrogen-bond donors (Lipinski definition) is 1. The van der Waals surface area contributed by atoms with E-state index in [1.807, 2.05) is 30.3 Å². The Morgan fingerprint density at radius 2 is 1.66 bits per heavy atom. The summed E-state index contributed by atoms with van der Waals surface area (Å²) in [6.45, 7) is 1.27. The molecule has 2 heterocycles. The fraction of sp³-hybridized carbons (Fsp3) is 0.355. The number of para-hydroxylation sites is 2. The number of nitrogens with zero attached hydrogens (tertiary/aromatic N) is 2. The topological polar surface area (TPSA) is 105 Å². The number of nitrogens with one attached hydrogen (secondary N) is 1. The smallest absolute Gasteiger partial charge is 0.262 e. The van der Waals surface area contributed by atoms with Gasteiger partial charge in [-0.3, -0.25) is 9.59 Å². The normalized spacial score (nSPS) is 17.6. The molecule has 2 aliphatic heterocycles. The molecule has 1 N–H and O–H groups in total. The highest BCUT2D eigenvalue weighted by Gasteiger charge is 2.35. The molecule has 1 saturated heterocycles. The van der Waals surface area contributed by atoms with Crippen molar-refractivity contribution in [1.29, 1.82) is 0 Å². The molecule has 0 saturated carbocycles. The molecule has 5 rings (SSSR count). The first-order valence-electron chi connectivity index (χ1n) is 14.0. The molecule has 0 bridgehead atoms. The molecule has 0 radical (unpaired) electrons. The second-order valence-electron chi connectivity index (χ2n) is 10.2. The Hall–Kier alpha value is -3.89. The van der Waals surface area contributed by atoms with Gasteiger partial charge >= 0.3 is 0 Å². The number of amides is 2. The second kappa shape index (κ2) is 12.7. The van der Waals surface area contributed by atoms with Crippen molar-refractivity contribution in [3.63, 3.8) is 0 Å². The Bertz CT molecular complexity index is 1490. The van der Waals surface area contributed by atoms with Crippen LogP contribution in [0.3, 0.4) is 0 Å². The number of hydrogen-bond acceptors (Lipinski definition) is 6. The summed E-state index contributed by atoms with van der Waals surface area (Å²) in [5.74, 6) is -0.171. The monoisotopic (exact) mass is 577 g/mol. The molecular formula is C31H35N3O6S. The third kappa shape index (κ3) is 6.39. The van der Waals surface area contributed by atoms with E-state index in [-0.39, 0.29) is 28.7 Å². The van der Waals surface area contributed by atoms with Crippen molar-refractivity contribution < 1.29 is 27.5 Å². The number of sulfonamides is 1. The summed E-state index contributed by atoms with van der Waals surface area (Å²) in [5.41, 5.74) is 1.79. The van der Waals surface area contributed by atoms with Crippen LogP contribution in [0, 0.1) is 0 Å². The number of rotatable bonds is 8. The van der Waals surface area contributed by atoms with Crippen molar-refractivity contribution in [1.82, 2.24) is 9.62 Å². The van der Waals surface area contributed by atoms with Crippen LogP contribution >= 0.6 is 0 Å². The van der Waals surface area contributed by atoms with Crippen LogP contribution in [0.25, 0.3) is 0 Å². The molecule has 3 aromatic carbocycles. The van der Waals surface area contributed by atoms with Crippen molar-refractivity contribution in [2.24, 2.45) is 0 Å². The number of fused-ring (bicyclic) bond motifs is 1. The number of carbonyl (C=O) groups is 2. The summed E-state index contributed by atoms with van der Waals surface area (Å²) in [7, 11) is -2.47. The highest BCUT2D eigenvalue weighted by molar-refractivity contribution is 7.89. The molecule has 2 amide bonds. The largest absolute Gasteiger partial charge is 0.495 e. The van der Waals surface area contributed by atoms with Gasteiger partial charge < -0.3 is 19.7 Å². The molecule has 1 unspecified atom stereocenters. The number of anilines is 1. The summed E-state index contributed by atoms with van der Waals surface area (Å²) in [4.78, 5) is 28.5. The van der Waals surface area contributed by atoms with E-state index in [2.05, 4.69) is 5.32 Å². The molecule has 1 fully saturated rings. The third-order valence-electron chi connectivity index (χ3n) is 7.46. The molecular weight excluding hydrogens is 542 g/mol. The predicted molar refractivity (Wildman–Crippen MR) is 156 cm³/mol. The van der Waals surface area contributed by atoms with Gasteiger partial charge in [-0.05, 0) is 55.2 Å². The van der Waals surface area contributed by atoms with Gasteiger partial charge in [-0.25, -0.2) is 8.42 Å². The number of carbonyl (C=O) groups excluding carboxylic acids is 2. The van der Waals surface area contributed by atoms with Gasteiger partial charge in [0, 0.05) is 25.2 Å². The Kier molecular flexibility index (Phi) is 8.90. The van der Waals surface area contributed by atoms with E-state index < -0.39 is 22.0 Å². The molecule has 3 aromatic rings. The minimum absolute atomic E-state index is 0.0206. The van der Waals surface area contributed by atoms with Crippen molar-refractivity contribution >= 4 is 27.5 Å². The van der Waals surface area contributed by atoms with E-state index in [4.69, 9.17) is 9.47 Å². The molecule has 216 valence electrons. The standard InChI is InChI=1S/C31H35N3O6S/c1-39-27-16-15-24(21-29(27)41(37,38)33-19-9-2-3-10-20-33)31(36)34-22-28(40-26-14-8-7-13-25(26)34)30(35)32-18-17-23-11-5-4-6-12-23/h4-8,11-16,21,28H,2-3,9-10,17-20,22H2,1H3,(H,32,35). The maximum Gasteiger partial charge on any atom is 0.262 e. The highest BCUT2D eigenvalue weighted by Crippen LogP contribution is 2.35. The first-order chi connectivity index (χ1) is 19.9. The first kappa shape index (κ1) is 28.6. The van der Waals surface area contributed by atoms with Crippen LogP contribution in [0.1, 0.15) is 41.6 Å². The zero-order valence-electron chi connectivity index (χ0n) is 23.1. The van der Waals surface area contributed by atoms with Gasteiger partial charge in [0.1, 0.15) is 16.4 Å². The van der Waals surface area contributed by atoms with Gasteiger partial charge in [-0.1, -0.05) is 55.3 Å². The van der Waals surface area contributed by atoms with Crippen LogP contribution in [0.4, 0.5) is 5.69 Å². The summed E-state index contributed by atoms with van der Waals surface area (Å²) >= 11 is 0. The summed E-state index contributed by atoms with van der Waals surface area (Å²) < 4.78 is 40.2. The minimum atomic E-state index is -3.88. The lowest BCUT2D eigenvalue weighted by Crippen LogP contribution is -2.51. The number of benzene rings is 3. The molecule has 9 nitrogen and oxygen atoms in total. The summed E-state index contributed by atoms with van der Waals surface area (Å²) in [5, 5.41) is 2.91. The van der Waals surface area contributed by atoms with Gasteiger partial charge in [-0.2, -0.15) is 4.31 Å². The first-order valence-corrected chi connectivity index (χ1v) is 15.4. The predicted octanol–water partition coefficient (Wildman–Crippen LogP) is 4.03. The molecule has 0 aromatic heterocycles. The van der Waals surface area contributed by atoms with Crippen molar-refractivity contribution in [3.8, 4) is 11.5 Å². The van der Waals surface area contributed by atoms with Crippen LogP contribution < -0.4 is 19.7 Å². The lowest BCUT2D eigenvalue weighted by molar-refractivity contribution is -0.127. The fourth-order valence-corrected chi connectivity index (χ4v) is 6.94. The molecule has 0 aliphatic carbocycles. The van der Waals surface area contributed by atoms with E-state index in [1.54, 1.807) is 30.3 Å². The Morgan fingerprint density at radius 3 is 2.39 bits per heavy atom. The zero-order chi connectivity index (χ0) is 28.8. The lowest BCUT2D eigenvalue weighted by atomic mass is 10.1. The minimum Gasteiger partial charge on any atom is -0.495 e. The van der Waals surface area contributed by atoms with Crippen molar-refractivity contribution in [2.75, 3.05) is 38.2 Å². The van der Waals surface area contributed by atoms with Gasteiger partial charge in [-0.15, -0.1) is 0 Å². The SMILES string of the molecule is COc1ccc(C(=O)N2CC(C(=O)NCCc3ccccc3)Oc3ccccc32)cc1S(=O)(=O)N1CCCCCC1. The van der Waals surface area contributed by atoms with Crippen molar-refractivity contribution in [2.45, 2.75) is 43.1 Å². The van der Waals surface area contributed by atoms with Crippen LogP contribution in [-0.2, 0) is 21.2 Å². The highest BCUT2D eigenvalue weighted by atomic mass is 32.2. The van der Waals surface area contributed by atoms with E-state index in [0.717, 1.165) is 31.2 Å². The Labute approximate surface area is 241 Å². The summed E-state index contributed by atoms with van der Waals surface area (Å²) in [6.07, 6.45) is 3.29. The molecule has 2 aliphatic rings. The molecule has 0 spiro atoms. The van der Waals surface area contributed by atoms with Crippen LogP contribution in [0.5, 0.6) is 11.5 Å². The number of ether oxygens (including phenoxy) is 2. The average Bonchev–Trinajstić information content (AvgIpc) is 3.31. The van der Waals surface area contributed by atoms with E-state index >= 15 is 0 Å². The van der Waals surface area contributed by atoms with Gasteiger partial charge in [0.05, 0.1) is 19.3 Å².